The van der Waals surface area contributed by atoms with Crippen LogP contribution >= 0.6 is 0 Å². The highest BCUT2D eigenvalue weighted by Crippen LogP contribution is 2.51. The van der Waals surface area contributed by atoms with Gasteiger partial charge in [0, 0.05) is 29.9 Å². The lowest BCUT2D eigenvalue weighted by Crippen LogP contribution is -2.14. The van der Waals surface area contributed by atoms with Crippen LogP contribution in [0.1, 0.15) is 23.3 Å². The summed E-state index contributed by atoms with van der Waals surface area (Å²) >= 11 is 0. The molecule has 0 amide bonds. The number of rotatable bonds is 2. The van der Waals surface area contributed by atoms with Crippen LogP contribution in [0.4, 0.5) is 5.69 Å². The van der Waals surface area contributed by atoms with E-state index in [-0.39, 0.29) is 12.2 Å². The van der Waals surface area contributed by atoms with Gasteiger partial charge in [-0.15, -0.1) is 0 Å². The Morgan fingerprint density at radius 2 is 1.32 bits per heavy atom. The monoisotopic (exact) mass is 290 g/mol. The van der Waals surface area contributed by atoms with Gasteiger partial charge in [0.15, 0.2) is 0 Å². The van der Waals surface area contributed by atoms with Crippen molar-refractivity contribution in [3.63, 3.8) is 0 Å². The second kappa shape index (κ2) is 5.43. The first-order valence-electron chi connectivity index (χ1n) is 7.59. The molecule has 1 fully saturated rings. The number of nitrogens with zero attached hydrogens (tertiary/aromatic N) is 1. The molecule has 2 heterocycles. The summed E-state index contributed by atoms with van der Waals surface area (Å²) in [6.07, 6.45) is 12.5. The molecule has 1 saturated heterocycles. The van der Waals surface area contributed by atoms with E-state index < -0.39 is 0 Å². The van der Waals surface area contributed by atoms with Crippen molar-refractivity contribution in [3.8, 4) is 0 Å². The average Bonchev–Trinajstić information content (AvgIpc) is 2.96. The second-order valence-corrected chi connectivity index (χ2v) is 5.85. The molecule has 0 saturated carbocycles. The van der Waals surface area contributed by atoms with Crippen molar-refractivity contribution >= 4 is 5.69 Å². The number of benzene rings is 1. The summed E-state index contributed by atoms with van der Waals surface area (Å²) in [7, 11) is 0. The summed E-state index contributed by atoms with van der Waals surface area (Å²) in [6.45, 7) is 0. The van der Waals surface area contributed by atoms with Crippen LogP contribution < -0.4 is 5.73 Å². The lowest BCUT2D eigenvalue weighted by atomic mass is 9.80. The van der Waals surface area contributed by atoms with Gasteiger partial charge in [-0.3, -0.25) is 4.98 Å². The van der Waals surface area contributed by atoms with E-state index in [0.717, 1.165) is 5.69 Å². The zero-order valence-corrected chi connectivity index (χ0v) is 12.2. The molecular formula is C19H18N2O. The predicted molar refractivity (Wildman–Crippen MR) is 86.9 cm³/mol. The summed E-state index contributed by atoms with van der Waals surface area (Å²) in [6, 6.07) is 12.1. The minimum absolute atomic E-state index is 0.0602. The Labute approximate surface area is 130 Å². The van der Waals surface area contributed by atoms with Crippen LogP contribution in [0.25, 0.3) is 0 Å². The van der Waals surface area contributed by atoms with Crippen LogP contribution in [0, 0.1) is 11.8 Å². The topological polar surface area (TPSA) is 48.1 Å². The van der Waals surface area contributed by atoms with Crippen molar-refractivity contribution in [1.82, 2.24) is 4.98 Å². The third-order valence-electron chi connectivity index (χ3n) is 4.51. The van der Waals surface area contributed by atoms with E-state index in [1.54, 1.807) is 0 Å². The zero-order valence-electron chi connectivity index (χ0n) is 12.2. The van der Waals surface area contributed by atoms with E-state index in [1.807, 2.05) is 36.7 Å². The Hall–Kier alpha value is -2.39. The first-order valence-corrected chi connectivity index (χ1v) is 7.59. The molecule has 110 valence electrons. The molecule has 4 atom stereocenters. The number of pyridine rings is 1. The average molecular weight is 290 g/mol. The molecule has 22 heavy (non-hydrogen) atoms. The fourth-order valence-electron chi connectivity index (χ4n) is 3.43. The maximum absolute atomic E-state index is 6.45. The first kappa shape index (κ1) is 13.3. The minimum Gasteiger partial charge on any atom is -0.399 e. The number of fused-ring (bicyclic) bond motifs is 1. The zero-order chi connectivity index (χ0) is 14.9. The quantitative estimate of drug-likeness (QED) is 0.855. The van der Waals surface area contributed by atoms with Gasteiger partial charge in [-0.25, -0.2) is 0 Å². The summed E-state index contributed by atoms with van der Waals surface area (Å²) in [5.74, 6) is 0.710. The van der Waals surface area contributed by atoms with Gasteiger partial charge >= 0.3 is 0 Å². The fraction of sp³-hybridized carbons (Fsp3) is 0.211. The van der Waals surface area contributed by atoms with Crippen LogP contribution in [0.15, 0.2) is 73.1 Å². The maximum atomic E-state index is 6.45. The summed E-state index contributed by atoms with van der Waals surface area (Å²) in [5, 5.41) is 0. The number of aromatic nitrogens is 1. The molecule has 0 radical (unpaired) electrons. The highest BCUT2D eigenvalue weighted by atomic mass is 16.5. The standard InChI is InChI=1S/C19H18N2O/c20-15-7-5-13(6-8-15)18-16-3-1-2-4-17(16)19(22-18)14-9-11-21-12-10-14/h1-12,16-19H,20H2. The van der Waals surface area contributed by atoms with Gasteiger partial charge in [0.25, 0.3) is 0 Å². The fourth-order valence-corrected chi connectivity index (χ4v) is 3.43. The van der Waals surface area contributed by atoms with Crippen LogP contribution in [0.3, 0.4) is 0 Å². The Kier molecular flexibility index (Phi) is 3.28. The molecule has 4 rings (SSSR count). The molecule has 3 nitrogen and oxygen atoms in total. The normalized spacial score (nSPS) is 29.5. The summed E-state index contributed by atoms with van der Waals surface area (Å²) < 4.78 is 6.45. The minimum atomic E-state index is 0.0602. The predicted octanol–water partition coefficient (Wildman–Crippen LogP) is 3.83. The number of nitrogen functional groups attached to an aromatic ring is 1. The van der Waals surface area contributed by atoms with Gasteiger partial charge in [0.05, 0.1) is 12.2 Å². The smallest absolute Gasteiger partial charge is 0.0904 e. The Morgan fingerprint density at radius 1 is 0.773 bits per heavy atom. The summed E-state index contributed by atoms with van der Waals surface area (Å²) in [5.41, 5.74) is 8.95. The second-order valence-electron chi connectivity index (χ2n) is 5.85. The molecule has 1 aromatic heterocycles. The van der Waals surface area contributed by atoms with Crippen molar-refractivity contribution in [2.75, 3.05) is 5.73 Å². The van der Waals surface area contributed by atoms with Gasteiger partial charge in [-0.2, -0.15) is 0 Å². The molecule has 4 unspecified atom stereocenters. The summed E-state index contributed by atoms with van der Waals surface area (Å²) in [4.78, 5) is 4.11. The lowest BCUT2D eigenvalue weighted by molar-refractivity contribution is 0.0328. The number of hydrogen-bond acceptors (Lipinski definition) is 3. The SMILES string of the molecule is Nc1ccc(C2OC(c3ccncc3)C3C=CC=CC23)cc1. The number of hydrogen-bond donors (Lipinski definition) is 1. The van der Waals surface area contributed by atoms with Gasteiger partial charge in [0.1, 0.15) is 0 Å². The van der Waals surface area contributed by atoms with E-state index >= 15 is 0 Å². The molecule has 2 aromatic rings. The molecular weight excluding hydrogens is 272 g/mol. The van der Waals surface area contributed by atoms with Crippen molar-refractivity contribution in [1.29, 1.82) is 0 Å². The van der Waals surface area contributed by atoms with E-state index in [0.29, 0.717) is 11.8 Å². The van der Waals surface area contributed by atoms with Crippen molar-refractivity contribution < 1.29 is 4.74 Å². The molecule has 0 bridgehead atoms. The molecule has 1 aliphatic carbocycles. The van der Waals surface area contributed by atoms with Gasteiger partial charge in [-0.1, -0.05) is 36.4 Å². The highest BCUT2D eigenvalue weighted by Gasteiger charge is 2.43. The van der Waals surface area contributed by atoms with E-state index in [2.05, 4.69) is 41.4 Å². The maximum Gasteiger partial charge on any atom is 0.0904 e. The molecule has 1 aromatic carbocycles. The van der Waals surface area contributed by atoms with Gasteiger partial charge in [-0.05, 0) is 35.4 Å². The molecule has 1 aliphatic heterocycles. The number of nitrogens with two attached hydrogens (primary N) is 1. The van der Waals surface area contributed by atoms with Crippen molar-refractivity contribution in [3.05, 3.63) is 84.2 Å². The lowest BCUT2D eigenvalue weighted by Gasteiger charge is -2.20. The highest BCUT2D eigenvalue weighted by molar-refractivity contribution is 5.41. The van der Waals surface area contributed by atoms with Gasteiger partial charge in [0.2, 0.25) is 0 Å². The Morgan fingerprint density at radius 3 is 1.91 bits per heavy atom. The number of allylic oxidation sites excluding steroid dienone is 2. The van der Waals surface area contributed by atoms with E-state index in [4.69, 9.17) is 10.5 Å². The van der Waals surface area contributed by atoms with Crippen molar-refractivity contribution in [2.24, 2.45) is 11.8 Å². The molecule has 3 heteroatoms. The van der Waals surface area contributed by atoms with Crippen LogP contribution in [0.5, 0.6) is 0 Å². The van der Waals surface area contributed by atoms with Crippen LogP contribution in [-0.2, 0) is 4.74 Å². The van der Waals surface area contributed by atoms with E-state index in [1.165, 1.54) is 11.1 Å². The Bertz CT molecular complexity index is 706. The number of anilines is 1. The van der Waals surface area contributed by atoms with Gasteiger partial charge < -0.3 is 10.5 Å². The van der Waals surface area contributed by atoms with E-state index in [9.17, 15) is 0 Å². The van der Waals surface area contributed by atoms with Crippen molar-refractivity contribution in [2.45, 2.75) is 12.2 Å². The molecule has 0 spiro atoms. The first-order chi connectivity index (χ1) is 10.8. The molecule has 2 N–H and O–H groups in total. The third kappa shape index (κ3) is 2.24. The molecule has 2 aliphatic rings. The third-order valence-corrected chi connectivity index (χ3v) is 4.51. The largest absolute Gasteiger partial charge is 0.399 e. The Balaban J connectivity index is 1.71. The van der Waals surface area contributed by atoms with Crippen LogP contribution in [0.2, 0.25) is 0 Å². The number of ether oxygens (including phenoxy) is 1. The van der Waals surface area contributed by atoms with Crippen LogP contribution in [-0.4, -0.2) is 4.98 Å².